The molecule has 1 rings (SSSR count). The first-order valence-electron chi connectivity index (χ1n) is 4.98. The van der Waals surface area contributed by atoms with Crippen LogP contribution < -0.4 is 5.73 Å². The van der Waals surface area contributed by atoms with Crippen LogP contribution in [0.5, 0.6) is 0 Å². The molecule has 0 saturated carbocycles. The maximum atomic E-state index is 5.58. The van der Waals surface area contributed by atoms with Gasteiger partial charge in [-0.25, -0.2) is 0 Å². The molecule has 13 heavy (non-hydrogen) atoms. The van der Waals surface area contributed by atoms with Crippen LogP contribution in [0.1, 0.15) is 26.0 Å². The number of nitrogens with zero attached hydrogens (tertiary/aromatic N) is 2. The van der Waals surface area contributed by atoms with Gasteiger partial charge >= 0.3 is 0 Å². The molecule has 1 aromatic rings. The number of hydrogen-bond donors (Lipinski definition) is 1. The number of aryl methyl sites for hydroxylation is 1. The molecule has 3 nitrogen and oxygen atoms in total. The fraction of sp³-hybridized carbons (Fsp3) is 0.700. The summed E-state index contributed by atoms with van der Waals surface area (Å²) in [5.74, 6) is 0.548. The van der Waals surface area contributed by atoms with E-state index in [0.29, 0.717) is 5.92 Å². The van der Waals surface area contributed by atoms with Crippen LogP contribution in [-0.2, 0) is 13.0 Å². The van der Waals surface area contributed by atoms with Crippen molar-refractivity contribution >= 4 is 0 Å². The molecule has 3 heteroatoms. The molecule has 1 unspecified atom stereocenters. The van der Waals surface area contributed by atoms with Crippen LogP contribution in [-0.4, -0.2) is 16.3 Å². The summed E-state index contributed by atoms with van der Waals surface area (Å²) in [5, 5.41) is 4.27. The minimum absolute atomic E-state index is 0.548. The molecular formula is C10H19N3. The lowest BCUT2D eigenvalue weighted by Crippen LogP contribution is -2.15. The SMILES string of the molecule is CCCn1nccc1CC(C)CN. The maximum absolute atomic E-state index is 5.58. The first-order chi connectivity index (χ1) is 6.27. The Bertz CT molecular complexity index is 242. The van der Waals surface area contributed by atoms with Gasteiger partial charge in [-0.3, -0.25) is 4.68 Å². The minimum atomic E-state index is 0.548. The Balaban J connectivity index is 2.59. The fourth-order valence-electron chi connectivity index (χ4n) is 1.39. The van der Waals surface area contributed by atoms with Gasteiger partial charge in [0.05, 0.1) is 0 Å². The highest BCUT2D eigenvalue weighted by Gasteiger charge is 2.05. The number of rotatable bonds is 5. The summed E-state index contributed by atoms with van der Waals surface area (Å²) in [4.78, 5) is 0. The molecule has 74 valence electrons. The van der Waals surface area contributed by atoms with E-state index in [0.717, 1.165) is 25.9 Å². The molecule has 0 bridgehead atoms. The summed E-state index contributed by atoms with van der Waals surface area (Å²) in [6.07, 6.45) is 4.04. The van der Waals surface area contributed by atoms with Gasteiger partial charge in [-0.05, 0) is 31.4 Å². The van der Waals surface area contributed by atoms with Crippen molar-refractivity contribution in [1.82, 2.24) is 9.78 Å². The second-order valence-electron chi connectivity index (χ2n) is 3.59. The van der Waals surface area contributed by atoms with E-state index in [2.05, 4.69) is 29.7 Å². The summed E-state index contributed by atoms with van der Waals surface area (Å²) >= 11 is 0. The smallest absolute Gasteiger partial charge is 0.0492 e. The lowest BCUT2D eigenvalue weighted by Gasteiger charge is -2.10. The second-order valence-corrected chi connectivity index (χ2v) is 3.59. The highest BCUT2D eigenvalue weighted by Crippen LogP contribution is 2.07. The van der Waals surface area contributed by atoms with Crippen LogP contribution >= 0.6 is 0 Å². The molecule has 0 spiro atoms. The maximum Gasteiger partial charge on any atom is 0.0492 e. The molecule has 0 aliphatic carbocycles. The first kappa shape index (κ1) is 10.3. The molecule has 0 saturated heterocycles. The topological polar surface area (TPSA) is 43.8 Å². The summed E-state index contributed by atoms with van der Waals surface area (Å²) in [6, 6.07) is 2.09. The lowest BCUT2D eigenvalue weighted by molar-refractivity contribution is 0.521. The van der Waals surface area contributed by atoms with Crippen molar-refractivity contribution in [3.63, 3.8) is 0 Å². The zero-order chi connectivity index (χ0) is 9.68. The van der Waals surface area contributed by atoms with Crippen molar-refractivity contribution in [2.24, 2.45) is 11.7 Å². The van der Waals surface area contributed by atoms with E-state index in [4.69, 9.17) is 5.73 Å². The number of nitrogens with two attached hydrogens (primary N) is 1. The summed E-state index contributed by atoms with van der Waals surface area (Å²) in [6.45, 7) is 6.10. The molecule has 1 aromatic heterocycles. The van der Waals surface area contributed by atoms with Crippen molar-refractivity contribution in [3.05, 3.63) is 18.0 Å². The minimum Gasteiger partial charge on any atom is -0.330 e. The van der Waals surface area contributed by atoms with Crippen molar-refractivity contribution in [3.8, 4) is 0 Å². The number of aromatic nitrogens is 2. The van der Waals surface area contributed by atoms with Crippen LogP contribution in [0.4, 0.5) is 0 Å². The summed E-state index contributed by atoms with van der Waals surface area (Å²) in [5.41, 5.74) is 6.89. The van der Waals surface area contributed by atoms with Crippen molar-refractivity contribution in [2.75, 3.05) is 6.54 Å². The summed E-state index contributed by atoms with van der Waals surface area (Å²) < 4.78 is 2.08. The van der Waals surface area contributed by atoms with Crippen LogP contribution in [0.25, 0.3) is 0 Å². The van der Waals surface area contributed by atoms with Gasteiger partial charge < -0.3 is 5.73 Å². The zero-order valence-electron chi connectivity index (χ0n) is 8.53. The quantitative estimate of drug-likeness (QED) is 0.746. The van der Waals surface area contributed by atoms with Gasteiger partial charge in [0, 0.05) is 18.4 Å². The molecule has 0 aliphatic heterocycles. The standard InChI is InChI=1S/C10H19N3/c1-3-6-13-10(4-5-12-13)7-9(2)8-11/h4-5,9H,3,6-8,11H2,1-2H3. The Morgan fingerprint density at radius 2 is 2.38 bits per heavy atom. The third kappa shape index (κ3) is 2.84. The normalized spacial score (nSPS) is 13.2. The molecule has 0 aliphatic rings. The third-order valence-electron chi connectivity index (χ3n) is 2.20. The van der Waals surface area contributed by atoms with Crippen molar-refractivity contribution in [1.29, 1.82) is 0 Å². The van der Waals surface area contributed by atoms with Gasteiger partial charge in [-0.1, -0.05) is 13.8 Å². The average molecular weight is 181 g/mol. The Kier molecular flexibility index (Phi) is 3.96. The predicted molar refractivity (Wildman–Crippen MR) is 54.4 cm³/mol. The fourth-order valence-corrected chi connectivity index (χ4v) is 1.39. The Hall–Kier alpha value is -0.830. The summed E-state index contributed by atoms with van der Waals surface area (Å²) in [7, 11) is 0. The average Bonchev–Trinajstić information content (AvgIpc) is 2.54. The van der Waals surface area contributed by atoms with Gasteiger partial charge in [0.15, 0.2) is 0 Å². The van der Waals surface area contributed by atoms with E-state index < -0.39 is 0 Å². The van der Waals surface area contributed by atoms with E-state index in [-0.39, 0.29) is 0 Å². The second kappa shape index (κ2) is 5.02. The molecule has 1 heterocycles. The van der Waals surface area contributed by atoms with E-state index in [1.54, 1.807) is 0 Å². The molecular weight excluding hydrogens is 162 g/mol. The van der Waals surface area contributed by atoms with Gasteiger partial charge in [0.1, 0.15) is 0 Å². The lowest BCUT2D eigenvalue weighted by atomic mass is 10.1. The highest BCUT2D eigenvalue weighted by atomic mass is 15.3. The Morgan fingerprint density at radius 3 is 3.00 bits per heavy atom. The molecule has 0 fully saturated rings. The molecule has 1 atom stereocenters. The van der Waals surface area contributed by atoms with E-state index >= 15 is 0 Å². The first-order valence-corrected chi connectivity index (χ1v) is 4.98. The van der Waals surface area contributed by atoms with Gasteiger partial charge in [-0.2, -0.15) is 5.10 Å². The molecule has 0 radical (unpaired) electrons. The van der Waals surface area contributed by atoms with Crippen LogP contribution in [0.2, 0.25) is 0 Å². The van der Waals surface area contributed by atoms with Crippen molar-refractivity contribution < 1.29 is 0 Å². The largest absolute Gasteiger partial charge is 0.330 e. The third-order valence-corrected chi connectivity index (χ3v) is 2.20. The Morgan fingerprint density at radius 1 is 1.62 bits per heavy atom. The van der Waals surface area contributed by atoms with E-state index in [1.807, 2.05) is 6.20 Å². The van der Waals surface area contributed by atoms with Crippen LogP contribution in [0.15, 0.2) is 12.3 Å². The zero-order valence-corrected chi connectivity index (χ0v) is 8.53. The van der Waals surface area contributed by atoms with Gasteiger partial charge in [0.2, 0.25) is 0 Å². The van der Waals surface area contributed by atoms with Crippen LogP contribution in [0.3, 0.4) is 0 Å². The van der Waals surface area contributed by atoms with Crippen LogP contribution in [0, 0.1) is 5.92 Å². The molecule has 0 amide bonds. The van der Waals surface area contributed by atoms with E-state index in [1.165, 1.54) is 5.69 Å². The molecule has 0 aromatic carbocycles. The Labute approximate surface area is 79.9 Å². The predicted octanol–water partition coefficient (Wildman–Crippen LogP) is 1.43. The highest BCUT2D eigenvalue weighted by molar-refractivity contribution is 5.01. The number of hydrogen-bond acceptors (Lipinski definition) is 2. The molecule has 2 N–H and O–H groups in total. The monoisotopic (exact) mass is 181 g/mol. The van der Waals surface area contributed by atoms with Gasteiger partial charge in [0.25, 0.3) is 0 Å². The van der Waals surface area contributed by atoms with E-state index in [9.17, 15) is 0 Å². The van der Waals surface area contributed by atoms with Gasteiger partial charge in [-0.15, -0.1) is 0 Å². The van der Waals surface area contributed by atoms with Crippen molar-refractivity contribution in [2.45, 2.75) is 33.2 Å².